The van der Waals surface area contributed by atoms with Gasteiger partial charge in [-0.25, -0.2) is 0 Å². The van der Waals surface area contributed by atoms with Crippen molar-refractivity contribution in [3.63, 3.8) is 0 Å². The molecule has 4 aromatic rings. The molecule has 4 aromatic carbocycles. The first-order valence-corrected chi connectivity index (χ1v) is 24.6. The molecular formula is C36H40O24S4. The molecule has 0 heterocycles. The van der Waals surface area contributed by atoms with E-state index in [0.29, 0.717) is 24.3 Å². The second-order valence-electron chi connectivity index (χ2n) is 14.9. The summed E-state index contributed by atoms with van der Waals surface area (Å²) < 4.78 is 136. The molecule has 0 radical (unpaired) electrons. The molecule has 24 nitrogen and oxygen atoms in total. The van der Waals surface area contributed by atoms with E-state index in [1.165, 1.54) is 0 Å². The summed E-state index contributed by atoms with van der Waals surface area (Å²) in [6.45, 7) is 0. The molecule has 5 rings (SSSR count). The van der Waals surface area contributed by atoms with Crippen molar-refractivity contribution in [1.82, 2.24) is 0 Å². The Balaban J connectivity index is 2.12. The van der Waals surface area contributed by atoms with Crippen LogP contribution in [0.2, 0.25) is 0 Å². The van der Waals surface area contributed by atoms with Crippen molar-refractivity contribution in [2.24, 2.45) is 0 Å². The standard InChI is InChI=1S/C36H40O24S4/c37-25-17-9-19(27(39)33(25)45)14(2-6-62(52,53)54)21-11-23(31(43)35(47)29(21)41)16(4-8-64(58,59)60)24-12-22(30(42)36(48)32(24)44)15(3-7-63(55,56)57)20-10-18(26(38)34(46)28(20)40)13(17)1-5-61(49,50)51/h9-16,37-48H,1-8H2,(H,49,50,51)(H,52,53,54)(H,55,56,57)(H,58,59,60). The van der Waals surface area contributed by atoms with Gasteiger partial charge in [-0.3, -0.25) is 18.2 Å². The third kappa shape index (κ3) is 10.1. The first-order valence-electron chi connectivity index (χ1n) is 18.2. The molecule has 352 valence electrons. The maximum atomic E-state index is 12.1. The number of rotatable bonds is 12. The summed E-state index contributed by atoms with van der Waals surface area (Å²) in [5, 5.41) is 135. The quantitative estimate of drug-likeness (QED) is 0.0714. The van der Waals surface area contributed by atoms with Gasteiger partial charge in [0, 0.05) is 68.2 Å². The van der Waals surface area contributed by atoms with Crippen LogP contribution >= 0.6 is 0 Å². The molecule has 0 aliphatic heterocycles. The van der Waals surface area contributed by atoms with Gasteiger partial charge in [-0.15, -0.1) is 0 Å². The molecule has 0 aromatic heterocycles. The van der Waals surface area contributed by atoms with E-state index >= 15 is 0 Å². The molecule has 8 bridgehead atoms. The van der Waals surface area contributed by atoms with Crippen molar-refractivity contribution in [2.45, 2.75) is 49.4 Å². The van der Waals surface area contributed by atoms with Gasteiger partial charge in [-0.2, -0.15) is 33.7 Å². The highest BCUT2D eigenvalue weighted by Crippen LogP contribution is 2.58. The maximum Gasteiger partial charge on any atom is 0.264 e. The van der Waals surface area contributed by atoms with E-state index in [4.69, 9.17) is 0 Å². The van der Waals surface area contributed by atoms with Crippen molar-refractivity contribution in [1.29, 1.82) is 0 Å². The summed E-state index contributed by atoms with van der Waals surface area (Å²) in [4.78, 5) is 0. The molecular weight excluding hydrogens is 945 g/mol. The van der Waals surface area contributed by atoms with Crippen LogP contribution in [0.4, 0.5) is 0 Å². The highest BCUT2D eigenvalue weighted by molar-refractivity contribution is 7.86. The molecule has 64 heavy (non-hydrogen) atoms. The monoisotopic (exact) mass is 984 g/mol. The molecule has 0 saturated carbocycles. The molecule has 1 aliphatic carbocycles. The van der Waals surface area contributed by atoms with Crippen molar-refractivity contribution in [3.8, 4) is 69.0 Å². The zero-order chi connectivity index (χ0) is 48.3. The molecule has 1 aliphatic rings. The lowest BCUT2D eigenvalue weighted by molar-refractivity contribution is 0.349. The number of hydrogen-bond acceptors (Lipinski definition) is 20. The Kier molecular flexibility index (Phi) is 13.2. The molecule has 0 unspecified atom stereocenters. The van der Waals surface area contributed by atoms with Crippen LogP contribution in [0.1, 0.15) is 93.9 Å². The summed E-state index contributed by atoms with van der Waals surface area (Å²) in [5.74, 6) is -29.9. The zero-order valence-corrected chi connectivity index (χ0v) is 35.6. The topological polar surface area (TPSA) is 460 Å². The second kappa shape index (κ2) is 17.3. The minimum Gasteiger partial charge on any atom is -0.504 e. The largest absolute Gasteiger partial charge is 0.504 e. The molecule has 0 fully saturated rings. The van der Waals surface area contributed by atoms with Gasteiger partial charge in [-0.1, -0.05) is 0 Å². The van der Waals surface area contributed by atoms with E-state index in [1.54, 1.807) is 0 Å². The lowest BCUT2D eigenvalue weighted by Gasteiger charge is -2.29. The number of aromatic hydroxyl groups is 12. The Morgan fingerprint density at radius 2 is 0.391 bits per heavy atom. The number of fused-ring (bicyclic) bond motifs is 8. The van der Waals surface area contributed by atoms with Gasteiger partial charge in [0.2, 0.25) is 23.0 Å². The molecule has 28 heteroatoms. The molecule has 0 saturated heterocycles. The fraction of sp³-hybridized carbons (Fsp3) is 0.333. The fourth-order valence-electron chi connectivity index (χ4n) is 7.87. The van der Waals surface area contributed by atoms with Gasteiger partial charge >= 0.3 is 0 Å². The first kappa shape index (κ1) is 49.1. The predicted octanol–water partition coefficient (Wildman–Crippen LogP) is 2.11. The van der Waals surface area contributed by atoms with E-state index in [1.807, 2.05) is 0 Å². The minimum atomic E-state index is -5.03. The smallest absolute Gasteiger partial charge is 0.264 e. The van der Waals surface area contributed by atoms with Crippen LogP contribution < -0.4 is 0 Å². The van der Waals surface area contributed by atoms with Crippen molar-refractivity contribution < 1.29 is 113 Å². The fourth-order valence-corrected chi connectivity index (χ4v) is 10.00. The van der Waals surface area contributed by atoms with E-state index in [2.05, 4.69) is 0 Å². The lowest BCUT2D eigenvalue weighted by Crippen LogP contribution is -2.16. The van der Waals surface area contributed by atoms with E-state index in [-0.39, 0.29) is 0 Å². The molecule has 0 amide bonds. The number of hydrogen-bond donors (Lipinski definition) is 16. The van der Waals surface area contributed by atoms with Crippen LogP contribution in [0.5, 0.6) is 69.0 Å². The number of benzene rings is 4. The van der Waals surface area contributed by atoms with Crippen LogP contribution in [0.3, 0.4) is 0 Å². The average Bonchev–Trinajstić information content (AvgIpc) is 3.17. The predicted molar refractivity (Wildman–Crippen MR) is 217 cm³/mol. The van der Waals surface area contributed by atoms with Gasteiger partial charge in [0.25, 0.3) is 40.5 Å². The van der Waals surface area contributed by atoms with E-state index in [9.17, 15) is 113 Å². The Hall–Kier alpha value is -5.88. The minimum absolute atomic E-state index is 0.704. The molecule has 16 N–H and O–H groups in total. The van der Waals surface area contributed by atoms with Crippen molar-refractivity contribution in [2.75, 3.05) is 23.0 Å². The molecule has 0 atom stereocenters. The van der Waals surface area contributed by atoms with Crippen LogP contribution in [0.15, 0.2) is 24.3 Å². The van der Waals surface area contributed by atoms with Crippen LogP contribution in [-0.2, 0) is 40.5 Å². The van der Waals surface area contributed by atoms with E-state index in [0.717, 1.165) is 0 Å². The lowest BCUT2D eigenvalue weighted by atomic mass is 9.77. The Bertz CT molecular complexity index is 2480. The van der Waals surface area contributed by atoms with Gasteiger partial charge < -0.3 is 61.3 Å². The maximum absolute atomic E-state index is 12.1. The third-order valence-corrected chi connectivity index (χ3v) is 13.9. The first-order chi connectivity index (χ1) is 29.2. The number of phenolic OH excluding ortho intramolecular Hbond substituents is 12. The van der Waals surface area contributed by atoms with Crippen molar-refractivity contribution in [3.05, 3.63) is 68.8 Å². The van der Waals surface area contributed by atoms with Gasteiger partial charge in [-0.05, 0) is 49.9 Å². The van der Waals surface area contributed by atoms with Crippen molar-refractivity contribution >= 4 is 40.5 Å². The van der Waals surface area contributed by atoms with Gasteiger partial charge in [0.05, 0.1) is 23.0 Å². The van der Waals surface area contributed by atoms with Crippen LogP contribution in [0, 0.1) is 0 Å². The van der Waals surface area contributed by atoms with Gasteiger partial charge in [0.1, 0.15) is 0 Å². The van der Waals surface area contributed by atoms with Gasteiger partial charge in [0.15, 0.2) is 46.0 Å². The highest BCUT2D eigenvalue weighted by atomic mass is 32.2. The second-order valence-corrected chi connectivity index (χ2v) is 21.2. The summed E-state index contributed by atoms with van der Waals surface area (Å²) >= 11 is 0. The Morgan fingerprint density at radius 1 is 0.266 bits per heavy atom. The highest BCUT2D eigenvalue weighted by Gasteiger charge is 2.38. The summed E-state index contributed by atoms with van der Waals surface area (Å²) in [6.07, 6.45) is -3.95. The Labute approximate surface area is 362 Å². The summed E-state index contributed by atoms with van der Waals surface area (Å²) in [6, 6.07) is 2.82. The Morgan fingerprint density at radius 3 is 0.500 bits per heavy atom. The summed E-state index contributed by atoms with van der Waals surface area (Å²) in [5.41, 5.74) is -6.22. The summed E-state index contributed by atoms with van der Waals surface area (Å²) in [7, 11) is -20.1. The zero-order valence-electron chi connectivity index (χ0n) is 32.3. The van der Waals surface area contributed by atoms with Crippen LogP contribution in [-0.4, -0.2) is 136 Å². The molecule has 0 spiro atoms. The number of phenols is 12. The third-order valence-electron chi connectivity index (χ3n) is 10.9. The normalized spacial score (nSPS) is 18.2. The van der Waals surface area contributed by atoms with E-state index < -0.39 is 226 Å². The SMILES string of the molecule is O=S(=O)(O)CCC1c2cc(c(O)c(O)c2O)C(CCS(=O)(=O)O)c2cc(c(O)c(O)c2O)C(CCS(=O)(=O)O)c2cc(c(O)c(O)c2O)C(CCS(=O)(=O)O)c2cc1c(O)c(O)c2O. The van der Waals surface area contributed by atoms with Crippen LogP contribution in [0.25, 0.3) is 0 Å². The average molecular weight is 985 g/mol.